The number of ether oxygens (including phenoxy) is 1. The number of hydrogen-bond acceptors (Lipinski definition) is 5. The van der Waals surface area contributed by atoms with Crippen molar-refractivity contribution in [2.75, 3.05) is 16.8 Å². The minimum absolute atomic E-state index is 0.112. The van der Waals surface area contributed by atoms with Gasteiger partial charge in [-0.05, 0) is 85.5 Å². The van der Waals surface area contributed by atoms with Crippen molar-refractivity contribution in [3.63, 3.8) is 0 Å². The molecule has 1 heterocycles. The summed E-state index contributed by atoms with van der Waals surface area (Å²) in [6, 6.07) is 13.0. The number of nitrogens with one attached hydrogen (secondary N) is 1. The van der Waals surface area contributed by atoms with Crippen LogP contribution in [0.15, 0.2) is 60.7 Å². The fraction of sp³-hybridized carbons (Fsp3) is 0.333. The van der Waals surface area contributed by atoms with Crippen molar-refractivity contribution >= 4 is 35.1 Å². The van der Waals surface area contributed by atoms with Gasteiger partial charge in [0.1, 0.15) is 0 Å². The van der Waals surface area contributed by atoms with Gasteiger partial charge in [0.15, 0.2) is 0 Å². The fourth-order valence-electron chi connectivity index (χ4n) is 6.08. The van der Waals surface area contributed by atoms with Crippen molar-refractivity contribution < 1.29 is 23.9 Å². The molecule has 7 rings (SSSR count). The third kappa shape index (κ3) is 3.10. The van der Waals surface area contributed by atoms with E-state index in [2.05, 4.69) is 17.5 Å². The molecule has 7 heteroatoms. The van der Waals surface area contributed by atoms with E-state index < -0.39 is 5.97 Å². The van der Waals surface area contributed by atoms with Crippen molar-refractivity contribution in [2.45, 2.75) is 13.3 Å². The molecule has 0 spiro atoms. The summed E-state index contributed by atoms with van der Waals surface area (Å²) >= 11 is 0. The van der Waals surface area contributed by atoms with Crippen LogP contribution in [0.25, 0.3) is 0 Å². The van der Waals surface area contributed by atoms with E-state index in [-0.39, 0.29) is 41.4 Å². The number of hydrogen-bond donors (Lipinski definition) is 1. The smallest absolute Gasteiger partial charge is 0.338 e. The van der Waals surface area contributed by atoms with Crippen LogP contribution in [0.3, 0.4) is 0 Å². The third-order valence-corrected chi connectivity index (χ3v) is 7.70. The number of imide groups is 1. The second-order valence-corrected chi connectivity index (χ2v) is 9.47. The number of benzene rings is 2. The van der Waals surface area contributed by atoms with Gasteiger partial charge in [0, 0.05) is 11.3 Å². The molecule has 2 bridgehead atoms. The quantitative estimate of drug-likeness (QED) is 0.421. The van der Waals surface area contributed by atoms with E-state index in [1.807, 2.05) is 0 Å². The molecule has 0 radical (unpaired) electrons. The van der Waals surface area contributed by atoms with Crippen LogP contribution in [0, 0.1) is 35.5 Å². The summed E-state index contributed by atoms with van der Waals surface area (Å²) in [5.74, 6) is 0.0307. The van der Waals surface area contributed by atoms with Gasteiger partial charge in [-0.3, -0.25) is 19.3 Å². The number of carbonyl (C=O) groups is 4. The lowest BCUT2D eigenvalue weighted by molar-refractivity contribution is -0.124. The molecule has 34 heavy (non-hydrogen) atoms. The molecule has 7 nitrogen and oxygen atoms in total. The second kappa shape index (κ2) is 7.65. The van der Waals surface area contributed by atoms with Crippen LogP contribution < -0.4 is 10.2 Å². The third-order valence-electron chi connectivity index (χ3n) is 7.70. The topological polar surface area (TPSA) is 92.8 Å². The van der Waals surface area contributed by atoms with E-state index in [1.165, 1.54) is 4.90 Å². The maximum atomic E-state index is 13.2. The maximum absolute atomic E-state index is 13.2. The zero-order valence-electron chi connectivity index (χ0n) is 18.6. The van der Waals surface area contributed by atoms with Gasteiger partial charge in [0.05, 0.1) is 29.7 Å². The molecule has 1 saturated heterocycles. The summed E-state index contributed by atoms with van der Waals surface area (Å²) in [5, 5.41) is 2.79. The Morgan fingerprint density at radius 1 is 0.882 bits per heavy atom. The molecule has 6 atom stereocenters. The largest absolute Gasteiger partial charge is 0.462 e. The summed E-state index contributed by atoms with van der Waals surface area (Å²) in [6.07, 6.45) is 5.44. The fourth-order valence-corrected chi connectivity index (χ4v) is 6.08. The molecule has 172 valence electrons. The van der Waals surface area contributed by atoms with Crippen molar-refractivity contribution in [3.8, 4) is 0 Å². The molecule has 2 saturated carbocycles. The van der Waals surface area contributed by atoms with Crippen molar-refractivity contribution in [1.82, 2.24) is 0 Å². The Morgan fingerprint density at radius 2 is 1.44 bits per heavy atom. The van der Waals surface area contributed by atoms with Crippen LogP contribution in [0.2, 0.25) is 0 Å². The molecule has 3 fully saturated rings. The average Bonchev–Trinajstić information content (AvgIpc) is 3.63. The summed E-state index contributed by atoms with van der Waals surface area (Å²) in [6.45, 7) is 2.03. The Morgan fingerprint density at radius 3 is 2.00 bits per heavy atom. The van der Waals surface area contributed by atoms with Crippen LogP contribution in [-0.2, 0) is 14.3 Å². The molecular weight excluding hydrogens is 432 g/mol. The first-order valence-electron chi connectivity index (χ1n) is 11.7. The lowest BCUT2D eigenvalue weighted by Crippen LogP contribution is -2.40. The van der Waals surface area contributed by atoms with Crippen LogP contribution in [0.4, 0.5) is 11.4 Å². The Kier molecular flexibility index (Phi) is 4.69. The lowest BCUT2D eigenvalue weighted by Gasteiger charge is -2.37. The van der Waals surface area contributed by atoms with Gasteiger partial charge in [-0.1, -0.05) is 12.2 Å². The highest BCUT2D eigenvalue weighted by Gasteiger charge is 2.67. The molecule has 3 amide bonds. The molecule has 0 aromatic heterocycles. The standard InChI is InChI=1S/C27H24N2O5/c1-2-34-27(33)15-3-7-16(8-4-15)28-24(30)14-5-9-17(10-6-14)29-25(31)22-18-11-12-19(21-13-20(18)21)23(22)26(29)32/h3-12,18-23H,2,13H2,1H3,(H,28,30)/t18-,19+,20-,21-,22+,23+/m1/s1. The SMILES string of the molecule is CCOC(=O)c1ccc(NC(=O)c2ccc(N3C(=O)[C@H]4[C@@H]5C=C[C@@H]([C@H]6C[C@H]56)[C@@H]4C3=O)cc2)cc1. The predicted molar refractivity (Wildman–Crippen MR) is 124 cm³/mol. The summed E-state index contributed by atoms with van der Waals surface area (Å²) in [7, 11) is 0. The monoisotopic (exact) mass is 456 g/mol. The zero-order chi connectivity index (χ0) is 23.6. The highest BCUT2D eigenvalue weighted by atomic mass is 16.5. The number of rotatable bonds is 5. The minimum atomic E-state index is -0.414. The van der Waals surface area contributed by atoms with Gasteiger partial charge < -0.3 is 10.1 Å². The second-order valence-electron chi connectivity index (χ2n) is 9.47. The number of allylic oxidation sites excluding steroid dienone is 2. The molecule has 1 aliphatic heterocycles. The predicted octanol–water partition coefficient (Wildman–Crippen LogP) is 3.67. The van der Waals surface area contributed by atoms with Gasteiger partial charge >= 0.3 is 5.97 Å². The van der Waals surface area contributed by atoms with Gasteiger partial charge in [-0.2, -0.15) is 0 Å². The van der Waals surface area contributed by atoms with Crippen molar-refractivity contribution in [1.29, 1.82) is 0 Å². The van der Waals surface area contributed by atoms with Crippen LogP contribution in [0.5, 0.6) is 0 Å². The number of esters is 1. The average molecular weight is 456 g/mol. The first kappa shape index (κ1) is 20.8. The lowest BCUT2D eigenvalue weighted by atomic mass is 9.63. The van der Waals surface area contributed by atoms with Gasteiger partial charge in [0.25, 0.3) is 5.91 Å². The summed E-state index contributed by atoms with van der Waals surface area (Å²) in [4.78, 5) is 52.2. The maximum Gasteiger partial charge on any atom is 0.338 e. The van der Waals surface area contributed by atoms with E-state index >= 15 is 0 Å². The highest BCUT2D eigenvalue weighted by Crippen LogP contribution is 2.65. The Bertz CT molecular complexity index is 1200. The Balaban J connectivity index is 1.16. The molecule has 2 aromatic carbocycles. The van der Waals surface area contributed by atoms with Crippen LogP contribution in [-0.4, -0.2) is 30.3 Å². The van der Waals surface area contributed by atoms with Gasteiger partial charge in [0.2, 0.25) is 11.8 Å². The molecule has 5 aliphatic rings. The molecule has 4 aliphatic carbocycles. The number of nitrogens with zero attached hydrogens (tertiary/aromatic N) is 1. The zero-order valence-corrected chi connectivity index (χ0v) is 18.6. The van der Waals surface area contributed by atoms with E-state index in [0.717, 1.165) is 6.42 Å². The van der Waals surface area contributed by atoms with Crippen molar-refractivity contribution in [3.05, 3.63) is 71.8 Å². The number of amides is 3. The molecular formula is C27H24N2O5. The van der Waals surface area contributed by atoms with Crippen LogP contribution >= 0.6 is 0 Å². The van der Waals surface area contributed by atoms with E-state index in [4.69, 9.17) is 4.74 Å². The van der Waals surface area contributed by atoms with E-state index in [1.54, 1.807) is 55.5 Å². The van der Waals surface area contributed by atoms with Gasteiger partial charge in [-0.25, -0.2) is 4.79 Å². The van der Waals surface area contributed by atoms with Crippen LogP contribution in [0.1, 0.15) is 34.1 Å². The summed E-state index contributed by atoms with van der Waals surface area (Å²) in [5.41, 5.74) is 1.86. The minimum Gasteiger partial charge on any atom is -0.462 e. The number of anilines is 2. The molecule has 2 aromatic rings. The molecule has 1 N–H and O–H groups in total. The van der Waals surface area contributed by atoms with Gasteiger partial charge in [-0.15, -0.1) is 0 Å². The first-order valence-corrected chi connectivity index (χ1v) is 11.7. The van der Waals surface area contributed by atoms with E-state index in [9.17, 15) is 19.2 Å². The molecule has 0 unspecified atom stereocenters. The Labute approximate surface area is 196 Å². The normalized spacial score (nSPS) is 30.1. The van der Waals surface area contributed by atoms with Crippen molar-refractivity contribution in [2.24, 2.45) is 35.5 Å². The first-order chi connectivity index (χ1) is 16.5. The summed E-state index contributed by atoms with van der Waals surface area (Å²) < 4.78 is 4.96. The van der Waals surface area contributed by atoms with E-state index in [0.29, 0.717) is 40.9 Å². The number of carbonyl (C=O) groups excluding carboxylic acids is 4. The highest BCUT2D eigenvalue weighted by molar-refractivity contribution is 6.22. The Hall–Kier alpha value is -3.74.